The van der Waals surface area contributed by atoms with E-state index in [2.05, 4.69) is 31.9 Å². The van der Waals surface area contributed by atoms with E-state index in [0.717, 1.165) is 36.1 Å². The van der Waals surface area contributed by atoms with Gasteiger partial charge < -0.3 is 10.1 Å². The fourth-order valence-corrected chi connectivity index (χ4v) is 3.89. The summed E-state index contributed by atoms with van der Waals surface area (Å²) in [4.78, 5) is 15.6. The first-order valence-electron chi connectivity index (χ1n) is 8.70. The zero-order valence-corrected chi connectivity index (χ0v) is 15.5. The monoisotopic (exact) mass is 360 g/mol. The van der Waals surface area contributed by atoms with Gasteiger partial charge in [-0.05, 0) is 61.6 Å². The van der Waals surface area contributed by atoms with Crippen LogP contribution in [0.15, 0.2) is 24.3 Å². The van der Waals surface area contributed by atoms with Crippen molar-refractivity contribution in [3.05, 3.63) is 40.4 Å². The molecule has 0 spiro atoms. The van der Waals surface area contributed by atoms with E-state index in [1.54, 1.807) is 7.11 Å². The number of hydrogen-bond donors (Lipinski definition) is 1. The molecule has 1 fully saturated rings. The minimum absolute atomic E-state index is 0.0791. The second-order valence-electron chi connectivity index (χ2n) is 6.14. The fraction of sp³-hybridized carbons (Fsp3) is 0.500. The molecule has 3 rings (SSSR count). The number of aryl methyl sites for hydroxylation is 1. The predicted octanol–water partition coefficient (Wildman–Crippen LogP) is 2.68. The van der Waals surface area contributed by atoms with Gasteiger partial charge in [-0.3, -0.25) is 9.69 Å². The van der Waals surface area contributed by atoms with Crippen molar-refractivity contribution >= 4 is 17.4 Å². The third-order valence-electron chi connectivity index (χ3n) is 4.63. The molecule has 1 amide bonds. The summed E-state index contributed by atoms with van der Waals surface area (Å²) >= 11 is 1.16. The average molecular weight is 360 g/mol. The number of aromatic nitrogens is 2. The molecule has 0 radical (unpaired) electrons. The van der Waals surface area contributed by atoms with E-state index < -0.39 is 0 Å². The van der Waals surface area contributed by atoms with Gasteiger partial charge in [-0.2, -0.15) is 0 Å². The number of carbonyl (C=O) groups is 1. The van der Waals surface area contributed by atoms with E-state index in [4.69, 9.17) is 4.74 Å². The van der Waals surface area contributed by atoms with Gasteiger partial charge in [0, 0.05) is 6.54 Å². The molecule has 1 N–H and O–H groups in total. The quantitative estimate of drug-likeness (QED) is 0.822. The Morgan fingerprint density at radius 1 is 1.32 bits per heavy atom. The summed E-state index contributed by atoms with van der Waals surface area (Å²) in [5, 5.41) is 7.10. The maximum absolute atomic E-state index is 12.5. The lowest BCUT2D eigenvalue weighted by atomic mass is 10.1. The first kappa shape index (κ1) is 17.8. The van der Waals surface area contributed by atoms with Gasteiger partial charge in [0.25, 0.3) is 5.91 Å². The Labute approximate surface area is 152 Å². The van der Waals surface area contributed by atoms with Gasteiger partial charge in [0.05, 0.1) is 18.8 Å². The molecule has 1 aliphatic heterocycles. The third kappa shape index (κ3) is 4.16. The van der Waals surface area contributed by atoms with Gasteiger partial charge in [-0.15, -0.1) is 5.10 Å². The van der Waals surface area contributed by atoms with Gasteiger partial charge in [-0.25, -0.2) is 0 Å². The number of benzene rings is 1. The molecule has 1 aliphatic rings. The second-order valence-corrected chi connectivity index (χ2v) is 6.90. The first-order valence-corrected chi connectivity index (χ1v) is 9.47. The number of ether oxygens (including phenoxy) is 1. The van der Waals surface area contributed by atoms with Crippen LogP contribution in [0.1, 0.15) is 46.7 Å². The van der Waals surface area contributed by atoms with Crippen molar-refractivity contribution in [2.45, 2.75) is 32.2 Å². The summed E-state index contributed by atoms with van der Waals surface area (Å²) in [6.45, 7) is 4.69. The van der Waals surface area contributed by atoms with Crippen LogP contribution in [-0.2, 0) is 6.42 Å². The highest BCUT2D eigenvalue weighted by molar-refractivity contribution is 7.08. The van der Waals surface area contributed by atoms with Gasteiger partial charge in [0.15, 0.2) is 0 Å². The number of carbonyl (C=O) groups excluding carboxylic acids is 1. The Hall–Kier alpha value is -1.99. The van der Waals surface area contributed by atoms with Crippen LogP contribution in [0, 0.1) is 0 Å². The molecule has 1 aromatic heterocycles. The maximum Gasteiger partial charge on any atom is 0.265 e. The Bertz CT molecular complexity index is 695. The van der Waals surface area contributed by atoms with E-state index in [0.29, 0.717) is 17.8 Å². The summed E-state index contributed by atoms with van der Waals surface area (Å²) in [5.74, 6) is 0.765. The highest BCUT2D eigenvalue weighted by atomic mass is 32.1. The van der Waals surface area contributed by atoms with Crippen LogP contribution < -0.4 is 10.1 Å². The lowest BCUT2D eigenvalue weighted by molar-refractivity contribution is 0.0941. The van der Waals surface area contributed by atoms with Crippen molar-refractivity contribution in [3.8, 4) is 5.75 Å². The number of nitrogens with zero attached hydrogens (tertiary/aromatic N) is 3. The highest BCUT2D eigenvalue weighted by Crippen LogP contribution is 2.26. The molecule has 2 heterocycles. The number of amides is 1. The predicted molar refractivity (Wildman–Crippen MR) is 98.2 cm³/mol. The van der Waals surface area contributed by atoms with E-state index in [-0.39, 0.29) is 11.9 Å². The van der Waals surface area contributed by atoms with E-state index in [9.17, 15) is 4.79 Å². The van der Waals surface area contributed by atoms with Gasteiger partial charge in [0.2, 0.25) is 0 Å². The molecule has 134 valence electrons. The zero-order valence-electron chi connectivity index (χ0n) is 14.7. The lowest BCUT2D eigenvalue weighted by Gasteiger charge is -2.28. The molecule has 6 nitrogen and oxygen atoms in total. The Kier molecular flexibility index (Phi) is 5.99. The van der Waals surface area contributed by atoms with Gasteiger partial charge in [-0.1, -0.05) is 23.5 Å². The smallest absolute Gasteiger partial charge is 0.265 e. The molecule has 0 aliphatic carbocycles. The summed E-state index contributed by atoms with van der Waals surface area (Å²) in [6, 6.07) is 8.29. The van der Waals surface area contributed by atoms with E-state index in [1.807, 2.05) is 19.1 Å². The van der Waals surface area contributed by atoms with E-state index in [1.165, 1.54) is 18.4 Å². The number of methoxy groups -OCH3 is 1. The Balaban J connectivity index is 1.72. The summed E-state index contributed by atoms with van der Waals surface area (Å²) < 4.78 is 9.15. The first-order chi connectivity index (χ1) is 12.2. The lowest BCUT2D eigenvalue weighted by Crippen LogP contribution is -2.36. The molecule has 0 saturated carbocycles. The van der Waals surface area contributed by atoms with Crippen LogP contribution in [0.2, 0.25) is 0 Å². The summed E-state index contributed by atoms with van der Waals surface area (Å²) in [5.41, 5.74) is 1.96. The van der Waals surface area contributed by atoms with Crippen molar-refractivity contribution in [1.29, 1.82) is 0 Å². The minimum Gasteiger partial charge on any atom is -0.497 e. The standard InChI is InChI=1S/C18H24N4O2S/c1-3-15-17(25-21-20-15)18(23)19-12-16(22-10-4-5-11-22)13-6-8-14(24-2)9-7-13/h6-9,16H,3-5,10-12H2,1-2H3,(H,19,23)/t16-/m1/s1. The van der Waals surface area contributed by atoms with Crippen molar-refractivity contribution in [2.24, 2.45) is 0 Å². The molecule has 1 aromatic carbocycles. The molecular weight excluding hydrogens is 336 g/mol. The maximum atomic E-state index is 12.5. The van der Waals surface area contributed by atoms with Crippen molar-refractivity contribution < 1.29 is 9.53 Å². The van der Waals surface area contributed by atoms with Crippen molar-refractivity contribution in [2.75, 3.05) is 26.7 Å². The van der Waals surface area contributed by atoms with Crippen molar-refractivity contribution in [1.82, 2.24) is 19.8 Å². The number of likely N-dealkylation sites (tertiary alicyclic amines) is 1. The molecule has 2 aromatic rings. The average Bonchev–Trinajstić information content (AvgIpc) is 3.34. The SMILES string of the molecule is CCc1nnsc1C(=O)NC[C@H](c1ccc(OC)cc1)N1CCCC1. The number of nitrogens with one attached hydrogen (secondary N) is 1. The normalized spacial score (nSPS) is 15.9. The molecule has 0 unspecified atom stereocenters. The van der Waals surface area contributed by atoms with Crippen LogP contribution in [0.3, 0.4) is 0 Å². The van der Waals surface area contributed by atoms with Gasteiger partial charge in [0.1, 0.15) is 10.6 Å². The van der Waals surface area contributed by atoms with Crippen LogP contribution in [0.4, 0.5) is 0 Å². The number of hydrogen-bond acceptors (Lipinski definition) is 6. The molecule has 25 heavy (non-hydrogen) atoms. The zero-order chi connectivity index (χ0) is 17.6. The molecule has 1 atom stereocenters. The third-order valence-corrected chi connectivity index (χ3v) is 5.40. The molecule has 0 bridgehead atoms. The Morgan fingerprint density at radius 2 is 2.04 bits per heavy atom. The van der Waals surface area contributed by atoms with Gasteiger partial charge >= 0.3 is 0 Å². The van der Waals surface area contributed by atoms with Crippen LogP contribution in [0.25, 0.3) is 0 Å². The van der Waals surface area contributed by atoms with Crippen molar-refractivity contribution in [3.63, 3.8) is 0 Å². The van der Waals surface area contributed by atoms with E-state index >= 15 is 0 Å². The Morgan fingerprint density at radius 3 is 2.68 bits per heavy atom. The minimum atomic E-state index is -0.0791. The van der Waals surface area contributed by atoms with Crippen LogP contribution in [-0.4, -0.2) is 47.1 Å². The fourth-order valence-electron chi connectivity index (χ4n) is 3.22. The van der Waals surface area contributed by atoms with Crippen LogP contribution in [0.5, 0.6) is 5.75 Å². The number of rotatable bonds is 7. The second kappa shape index (κ2) is 8.40. The van der Waals surface area contributed by atoms with Crippen LogP contribution >= 0.6 is 11.5 Å². The molecular formula is C18H24N4O2S. The highest BCUT2D eigenvalue weighted by Gasteiger charge is 2.25. The molecule has 1 saturated heterocycles. The summed E-state index contributed by atoms with van der Waals surface area (Å²) in [7, 11) is 1.67. The summed E-state index contributed by atoms with van der Waals surface area (Å²) in [6.07, 6.45) is 3.13. The molecule has 7 heteroatoms. The topological polar surface area (TPSA) is 67.3 Å². The largest absolute Gasteiger partial charge is 0.497 e.